The van der Waals surface area contributed by atoms with Crippen LogP contribution in [-0.2, 0) is 6.42 Å². The number of hydrogen-bond acceptors (Lipinski definition) is 1. The van der Waals surface area contributed by atoms with Crippen LogP contribution in [0.2, 0.25) is 0 Å². The Morgan fingerprint density at radius 3 is 2.55 bits per heavy atom. The van der Waals surface area contributed by atoms with Gasteiger partial charge in [0.25, 0.3) is 0 Å². The van der Waals surface area contributed by atoms with Gasteiger partial charge in [0.15, 0.2) is 0 Å². The Morgan fingerprint density at radius 2 is 1.80 bits per heavy atom. The van der Waals surface area contributed by atoms with Gasteiger partial charge < -0.3 is 4.98 Å². The average Bonchev–Trinajstić information content (AvgIpc) is 2.92. The van der Waals surface area contributed by atoms with Crippen molar-refractivity contribution in [3.8, 4) is 11.3 Å². The fraction of sp³-hybridized carbons (Fsp3) is 0.0625. The zero-order valence-corrected chi connectivity index (χ0v) is 13.8. The number of nitrogens with zero attached hydrogens (tertiary/aromatic N) is 1. The Morgan fingerprint density at radius 1 is 1.00 bits per heavy atom. The minimum Gasteiger partial charge on any atom is -0.342 e. The molecule has 100 valence electrons. The first-order chi connectivity index (χ1) is 9.72. The molecular formula is C16H12Br2N2. The first-order valence-electron chi connectivity index (χ1n) is 6.25. The Bertz CT molecular complexity index is 720. The molecule has 0 fully saturated rings. The van der Waals surface area contributed by atoms with Gasteiger partial charge in [-0.15, -0.1) is 0 Å². The second-order valence-corrected chi connectivity index (χ2v) is 6.29. The fourth-order valence-corrected chi connectivity index (χ4v) is 3.25. The van der Waals surface area contributed by atoms with Crippen molar-refractivity contribution in [1.82, 2.24) is 9.97 Å². The van der Waals surface area contributed by atoms with Crippen LogP contribution < -0.4 is 0 Å². The van der Waals surface area contributed by atoms with Crippen LogP contribution >= 0.6 is 31.9 Å². The number of aromatic amines is 1. The average molecular weight is 392 g/mol. The topological polar surface area (TPSA) is 28.7 Å². The lowest BCUT2D eigenvalue weighted by atomic mass is 10.1. The third-order valence-corrected chi connectivity index (χ3v) is 4.32. The van der Waals surface area contributed by atoms with E-state index < -0.39 is 0 Å². The highest BCUT2D eigenvalue weighted by molar-refractivity contribution is 9.11. The summed E-state index contributed by atoms with van der Waals surface area (Å²) in [6.45, 7) is 0. The van der Waals surface area contributed by atoms with Gasteiger partial charge in [0.2, 0.25) is 0 Å². The van der Waals surface area contributed by atoms with E-state index >= 15 is 0 Å². The largest absolute Gasteiger partial charge is 0.342 e. The van der Waals surface area contributed by atoms with Crippen LogP contribution in [0.3, 0.4) is 0 Å². The van der Waals surface area contributed by atoms with Crippen LogP contribution in [0.4, 0.5) is 0 Å². The smallest absolute Gasteiger partial charge is 0.110 e. The first kappa shape index (κ1) is 13.6. The highest BCUT2D eigenvalue weighted by Gasteiger charge is 2.06. The quantitative estimate of drug-likeness (QED) is 0.653. The Balaban J connectivity index is 1.84. The SMILES string of the molecule is Brc1ccc(Cc2ncc(-c3ccccc3)[nH]2)c(Br)c1. The third-order valence-electron chi connectivity index (χ3n) is 3.09. The Hall–Kier alpha value is -1.39. The molecule has 0 saturated carbocycles. The molecule has 0 aliphatic heterocycles. The van der Waals surface area contributed by atoms with Crippen molar-refractivity contribution in [2.75, 3.05) is 0 Å². The van der Waals surface area contributed by atoms with Gasteiger partial charge in [0.05, 0.1) is 11.9 Å². The lowest BCUT2D eigenvalue weighted by Crippen LogP contribution is -1.92. The summed E-state index contributed by atoms with van der Waals surface area (Å²) in [5, 5.41) is 0. The lowest BCUT2D eigenvalue weighted by molar-refractivity contribution is 1.02. The van der Waals surface area contributed by atoms with Crippen molar-refractivity contribution >= 4 is 31.9 Å². The minimum absolute atomic E-state index is 0.778. The van der Waals surface area contributed by atoms with Gasteiger partial charge in [0.1, 0.15) is 5.82 Å². The molecule has 4 heteroatoms. The molecular weight excluding hydrogens is 380 g/mol. The molecule has 3 rings (SSSR count). The van der Waals surface area contributed by atoms with Crippen molar-refractivity contribution in [2.24, 2.45) is 0 Å². The summed E-state index contributed by atoms with van der Waals surface area (Å²) in [5.41, 5.74) is 3.41. The third kappa shape index (κ3) is 3.02. The Labute approximate surface area is 134 Å². The predicted molar refractivity (Wildman–Crippen MR) is 88.7 cm³/mol. The number of halogens is 2. The monoisotopic (exact) mass is 390 g/mol. The normalized spacial score (nSPS) is 10.7. The molecule has 1 N–H and O–H groups in total. The van der Waals surface area contributed by atoms with Crippen molar-refractivity contribution in [3.63, 3.8) is 0 Å². The van der Waals surface area contributed by atoms with E-state index in [9.17, 15) is 0 Å². The molecule has 0 unspecified atom stereocenters. The van der Waals surface area contributed by atoms with Gasteiger partial charge >= 0.3 is 0 Å². The molecule has 0 saturated heterocycles. The van der Waals surface area contributed by atoms with Crippen LogP contribution in [0, 0.1) is 0 Å². The minimum atomic E-state index is 0.778. The number of H-pyrrole nitrogens is 1. The molecule has 0 aliphatic rings. The summed E-state index contributed by atoms with van der Waals surface area (Å²) in [6.07, 6.45) is 2.66. The molecule has 0 atom stereocenters. The number of imidazole rings is 1. The maximum atomic E-state index is 4.46. The van der Waals surface area contributed by atoms with Crippen molar-refractivity contribution < 1.29 is 0 Å². The molecule has 2 nitrogen and oxygen atoms in total. The van der Waals surface area contributed by atoms with Gasteiger partial charge in [-0.25, -0.2) is 4.98 Å². The van der Waals surface area contributed by atoms with E-state index in [4.69, 9.17) is 0 Å². The molecule has 0 spiro atoms. The maximum Gasteiger partial charge on any atom is 0.110 e. The molecule has 2 aromatic carbocycles. The summed E-state index contributed by atoms with van der Waals surface area (Å²) in [7, 11) is 0. The maximum absolute atomic E-state index is 4.46. The van der Waals surface area contributed by atoms with E-state index in [0.717, 1.165) is 32.4 Å². The predicted octanol–water partition coefficient (Wildman–Crippen LogP) is 5.19. The standard InChI is InChI=1S/C16H12Br2N2/c17-13-7-6-12(14(18)9-13)8-16-19-10-15(20-16)11-4-2-1-3-5-11/h1-7,9-10H,8H2,(H,19,20). The van der Waals surface area contributed by atoms with Crippen LogP contribution in [0.5, 0.6) is 0 Å². The lowest BCUT2D eigenvalue weighted by Gasteiger charge is -2.03. The molecule has 1 aromatic heterocycles. The molecule has 0 radical (unpaired) electrons. The number of hydrogen-bond donors (Lipinski definition) is 1. The Kier molecular flexibility index (Phi) is 4.03. The highest BCUT2D eigenvalue weighted by Crippen LogP contribution is 2.24. The molecule has 3 aromatic rings. The van der Waals surface area contributed by atoms with Gasteiger partial charge in [0, 0.05) is 15.4 Å². The van der Waals surface area contributed by atoms with E-state index in [1.165, 1.54) is 5.56 Å². The summed E-state index contributed by atoms with van der Waals surface area (Å²) >= 11 is 7.05. The molecule has 20 heavy (non-hydrogen) atoms. The number of rotatable bonds is 3. The molecule has 0 amide bonds. The van der Waals surface area contributed by atoms with Crippen molar-refractivity contribution in [1.29, 1.82) is 0 Å². The van der Waals surface area contributed by atoms with E-state index in [2.05, 4.69) is 66.1 Å². The second kappa shape index (κ2) is 5.94. The highest BCUT2D eigenvalue weighted by atomic mass is 79.9. The van der Waals surface area contributed by atoms with Gasteiger partial charge in [-0.2, -0.15) is 0 Å². The van der Waals surface area contributed by atoms with Gasteiger partial charge in [-0.05, 0) is 23.3 Å². The van der Waals surface area contributed by atoms with Gasteiger partial charge in [-0.3, -0.25) is 0 Å². The van der Waals surface area contributed by atoms with Crippen molar-refractivity contribution in [3.05, 3.63) is 75.1 Å². The summed E-state index contributed by atoms with van der Waals surface area (Å²) < 4.78 is 2.15. The summed E-state index contributed by atoms with van der Waals surface area (Å²) in [4.78, 5) is 7.84. The molecule has 0 aliphatic carbocycles. The first-order valence-corrected chi connectivity index (χ1v) is 7.84. The number of aromatic nitrogens is 2. The van der Waals surface area contributed by atoms with E-state index in [-0.39, 0.29) is 0 Å². The summed E-state index contributed by atoms with van der Waals surface area (Å²) in [6, 6.07) is 16.4. The van der Waals surface area contributed by atoms with E-state index in [0.29, 0.717) is 0 Å². The fourth-order valence-electron chi connectivity index (χ4n) is 2.06. The molecule has 0 bridgehead atoms. The molecule has 1 heterocycles. The van der Waals surface area contributed by atoms with Crippen LogP contribution in [-0.4, -0.2) is 9.97 Å². The second-order valence-electron chi connectivity index (χ2n) is 4.52. The van der Waals surface area contributed by atoms with Crippen molar-refractivity contribution in [2.45, 2.75) is 6.42 Å². The number of nitrogens with one attached hydrogen (secondary N) is 1. The van der Waals surface area contributed by atoms with Crippen LogP contribution in [0.1, 0.15) is 11.4 Å². The van der Waals surface area contributed by atoms with E-state index in [1.807, 2.05) is 30.5 Å². The zero-order valence-electron chi connectivity index (χ0n) is 10.6. The van der Waals surface area contributed by atoms with Crippen LogP contribution in [0.25, 0.3) is 11.3 Å². The van der Waals surface area contributed by atoms with E-state index in [1.54, 1.807) is 0 Å². The van der Waals surface area contributed by atoms with Crippen LogP contribution in [0.15, 0.2) is 63.7 Å². The zero-order chi connectivity index (χ0) is 13.9. The number of benzene rings is 2. The summed E-state index contributed by atoms with van der Waals surface area (Å²) in [5.74, 6) is 0.965. The van der Waals surface area contributed by atoms with Gasteiger partial charge in [-0.1, -0.05) is 68.3 Å².